The third kappa shape index (κ3) is 5.00. The highest BCUT2D eigenvalue weighted by Gasteiger charge is 2.19. The zero-order valence-corrected chi connectivity index (χ0v) is 21.3. The van der Waals surface area contributed by atoms with E-state index in [0.29, 0.717) is 5.69 Å². The summed E-state index contributed by atoms with van der Waals surface area (Å²) in [7, 11) is -3.84. The number of nitrogens with zero attached hydrogens (tertiary/aromatic N) is 1. The van der Waals surface area contributed by atoms with E-state index >= 15 is 0 Å². The first kappa shape index (κ1) is 23.7. The Bertz CT molecular complexity index is 1670. The molecule has 8 heteroatoms. The number of rotatable bonds is 6. The maximum Gasteiger partial charge on any atom is 0.261 e. The fraction of sp³-hybridized carbons (Fsp3) is 0.0714. The average Bonchev–Trinajstić information content (AvgIpc) is 3.28. The van der Waals surface area contributed by atoms with Crippen LogP contribution in [0.4, 0.5) is 11.4 Å². The first-order valence-corrected chi connectivity index (χ1v) is 13.6. The molecule has 5 rings (SSSR count). The van der Waals surface area contributed by atoms with E-state index in [-0.39, 0.29) is 16.1 Å². The fourth-order valence-electron chi connectivity index (χ4n) is 3.74. The van der Waals surface area contributed by atoms with Crippen molar-refractivity contribution in [3.63, 3.8) is 0 Å². The number of fused-ring (bicyclic) bond motifs is 1. The molecule has 1 aromatic heterocycles. The zero-order chi connectivity index (χ0) is 25.3. The van der Waals surface area contributed by atoms with Gasteiger partial charge in [0.25, 0.3) is 15.9 Å². The molecule has 5 aromatic rings. The van der Waals surface area contributed by atoms with Crippen molar-refractivity contribution in [3.8, 4) is 10.6 Å². The number of amides is 1. The zero-order valence-electron chi connectivity index (χ0n) is 19.6. The van der Waals surface area contributed by atoms with Crippen LogP contribution in [0.15, 0.2) is 95.9 Å². The first-order chi connectivity index (χ1) is 17.3. The van der Waals surface area contributed by atoms with Crippen LogP contribution in [0.2, 0.25) is 0 Å². The third-order valence-electron chi connectivity index (χ3n) is 5.68. The molecule has 0 aliphatic heterocycles. The van der Waals surface area contributed by atoms with Gasteiger partial charge in [-0.05, 0) is 80.1 Å². The summed E-state index contributed by atoms with van der Waals surface area (Å²) in [5.41, 5.74) is 5.09. The molecule has 4 aromatic carbocycles. The number of benzene rings is 4. The molecule has 0 fully saturated rings. The van der Waals surface area contributed by atoms with Crippen LogP contribution in [-0.2, 0) is 10.0 Å². The maximum absolute atomic E-state index is 13.0. The number of carbonyl (C=O) groups excluding carboxylic acids is 1. The molecular weight excluding hydrogens is 490 g/mol. The molecule has 0 aliphatic rings. The number of sulfonamides is 1. The monoisotopic (exact) mass is 513 g/mol. The Kier molecular flexibility index (Phi) is 6.30. The highest BCUT2D eigenvalue weighted by atomic mass is 32.2. The van der Waals surface area contributed by atoms with Gasteiger partial charge in [-0.2, -0.15) is 0 Å². The smallest absolute Gasteiger partial charge is 0.261 e. The second kappa shape index (κ2) is 9.56. The summed E-state index contributed by atoms with van der Waals surface area (Å²) in [6.45, 7) is 3.94. The van der Waals surface area contributed by atoms with Crippen molar-refractivity contribution < 1.29 is 13.2 Å². The molecular formula is C28H23N3O3S2. The van der Waals surface area contributed by atoms with E-state index in [2.05, 4.69) is 23.0 Å². The lowest BCUT2D eigenvalue weighted by Gasteiger charge is -2.13. The Hall–Kier alpha value is -4.01. The number of nitrogens with one attached hydrogen (secondary N) is 2. The summed E-state index contributed by atoms with van der Waals surface area (Å²) in [6.07, 6.45) is 0. The molecule has 1 heterocycles. The van der Waals surface area contributed by atoms with E-state index in [1.54, 1.807) is 47.7 Å². The molecule has 0 saturated heterocycles. The van der Waals surface area contributed by atoms with Crippen molar-refractivity contribution >= 4 is 48.9 Å². The average molecular weight is 514 g/mol. The second-order valence-electron chi connectivity index (χ2n) is 8.49. The number of aryl methyl sites for hydroxylation is 2. The predicted octanol–water partition coefficient (Wildman–Crippen LogP) is 6.63. The number of anilines is 2. The third-order valence-corrected chi connectivity index (χ3v) is 8.13. The quantitative estimate of drug-likeness (QED) is 0.267. The Morgan fingerprint density at radius 2 is 1.53 bits per heavy atom. The molecule has 0 radical (unpaired) electrons. The largest absolute Gasteiger partial charge is 0.322 e. The van der Waals surface area contributed by atoms with Gasteiger partial charge in [0, 0.05) is 11.3 Å². The molecule has 0 bridgehead atoms. The molecule has 2 N–H and O–H groups in total. The standard InChI is InChI=1S/C28H23N3O3S2/c1-18-7-14-22(15-8-18)36(33,34)31-24-6-4-3-5-23(24)27(32)29-21-12-10-20(11-13-21)28-30-25-16-9-19(2)17-26(25)35-28/h3-17,31H,1-2H3,(H,29,32). The lowest BCUT2D eigenvalue weighted by atomic mass is 10.1. The fourth-order valence-corrected chi connectivity index (χ4v) is 5.89. The molecule has 1 amide bonds. The number of para-hydroxylation sites is 1. The van der Waals surface area contributed by atoms with Gasteiger partial charge in [-0.3, -0.25) is 9.52 Å². The van der Waals surface area contributed by atoms with Gasteiger partial charge < -0.3 is 5.32 Å². The van der Waals surface area contributed by atoms with Gasteiger partial charge in [-0.15, -0.1) is 11.3 Å². The summed E-state index contributed by atoms with van der Waals surface area (Å²) in [5, 5.41) is 3.76. The number of carbonyl (C=O) groups is 1. The summed E-state index contributed by atoms with van der Waals surface area (Å²) < 4.78 is 29.4. The number of aromatic nitrogens is 1. The Morgan fingerprint density at radius 1 is 0.833 bits per heavy atom. The van der Waals surface area contributed by atoms with Gasteiger partial charge in [0.2, 0.25) is 0 Å². The lowest BCUT2D eigenvalue weighted by Crippen LogP contribution is -2.18. The van der Waals surface area contributed by atoms with Crippen molar-refractivity contribution in [1.29, 1.82) is 0 Å². The molecule has 0 atom stereocenters. The lowest BCUT2D eigenvalue weighted by molar-refractivity contribution is 0.102. The summed E-state index contributed by atoms with van der Waals surface area (Å²) in [4.78, 5) is 17.9. The molecule has 0 aliphatic carbocycles. The Balaban J connectivity index is 1.34. The minimum Gasteiger partial charge on any atom is -0.322 e. The minimum absolute atomic E-state index is 0.129. The Morgan fingerprint density at radius 3 is 2.28 bits per heavy atom. The second-order valence-corrected chi connectivity index (χ2v) is 11.2. The van der Waals surface area contributed by atoms with E-state index < -0.39 is 15.9 Å². The summed E-state index contributed by atoms with van der Waals surface area (Å²) >= 11 is 1.62. The summed E-state index contributed by atoms with van der Waals surface area (Å²) in [5.74, 6) is -0.416. The van der Waals surface area contributed by atoms with E-state index in [9.17, 15) is 13.2 Å². The van der Waals surface area contributed by atoms with Crippen LogP contribution in [0.1, 0.15) is 21.5 Å². The van der Waals surface area contributed by atoms with E-state index in [1.165, 1.54) is 17.7 Å². The van der Waals surface area contributed by atoms with Gasteiger partial charge in [-0.1, -0.05) is 35.9 Å². The Labute approximate surface area is 213 Å². The van der Waals surface area contributed by atoms with Crippen molar-refractivity contribution in [2.75, 3.05) is 10.0 Å². The summed E-state index contributed by atoms with van der Waals surface area (Å²) in [6, 6.07) is 26.7. The normalized spacial score (nSPS) is 11.4. The highest BCUT2D eigenvalue weighted by Crippen LogP contribution is 2.31. The van der Waals surface area contributed by atoms with Crippen molar-refractivity contribution in [2.24, 2.45) is 0 Å². The van der Waals surface area contributed by atoms with Crippen LogP contribution in [0.5, 0.6) is 0 Å². The van der Waals surface area contributed by atoms with Gasteiger partial charge in [0.05, 0.1) is 26.4 Å². The SMILES string of the molecule is Cc1ccc(S(=O)(=O)Nc2ccccc2C(=O)Nc2ccc(-c3nc4ccc(C)cc4s3)cc2)cc1. The molecule has 180 valence electrons. The van der Waals surface area contributed by atoms with Crippen LogP contribution in [-0.4, -0.2) is 19.3 Å². The van der Waals surface area contributed by atoms with Gasteiger partial charge in [0.1, 0.15) is 5.01 Å². The molecule has 36 heavy (non-hydrogen) atoms. The van der Waals surface area contributed by atoms with Crippen LogP contribution in [0.25, 0.3) is 20.8 Å². The topological polar surface area (TPSA) is 88.2 Å². The van der Waals surface area contributed by atoms with Crippen LogP contribution in [0.3, 0.4) is 0 Å². The van der Waals surface area contributed by atoms with Crippen molar-refractivity contribution in [3.05, 3.63) is 108 Å². The predicted molar refractivity (Wildman–Crippen MR) is 146 cm³/mol. The van der Waals surface area contributed by atoms with Gasteiger partial charge >= 0.3 is 0 Å². The van der Waals surface area contributed by atoms with Crippen LogP contribution < -0.4 is 10.0 Å². The molecule has 0 spiro atoms. The van der Waals surface area contributed by atoms with E-state index in [1.807, 2.05) is 43.3 Å². The molecule has 0 unspecified atom stereocenters. The first-order valence-electron chi connectivity index (χ1n) is 11.3. The van der Waals surface area contributed by atoms with E-state index in [0.717, 1.165) is 26.4 Å². The maximum atomic E-state index is 13.0. The van der Waals surface area contributed by atoms with Crippen LogP contribution >= 0.6 is 11.3 Å². The van der Waals surface area contributed by atoms with E-state index in [4.69, 9.17) is 4.98 Å². The molecule has 0 saturated carbocycles. The van der Waals surface area contributed by atoms with Crippen LogP contribution in [0, 0.1) is 13.8 Å². The number of hydrogen-bond donors (Lipinski definition) is 2. The number of thiazole rings is 1. The van der Waals surface area contributed by atoms with Crippen molar-refractivity contribution in [2.45, 2.75) is 18.7 Å². The van der Waals surface area contributed by atoms with Gasteiger partial charge in [0.15, 0.2) is 0 Å². The highest BCUT2D eigenvalue weighted by molar-refractivity contribution is 7.92. The minimum atomic E-state index is -3.84. The van der Waals surface area contributed by atoms with Gasteiger partial charge in [-0.25, -0.2) is 13.4 Å². The number of hydrogen-bond acceptors (Lipinski definition) is 5. The van der Waals surface area contributed by atoms with Crippen molar-refractivity contribution in [1.82, 2.24) is 4.98 Å². The molecule has 6 nitrogen and oxygen atoms in total.